The van der Waals surface area contributed by atoms with E-state index in [0.717, 1.165) is 11.8 Å². The first-order valence-corrected chi connectivity index (χ1v) is 9.40. The molecule has 0 aliphatic carbocycles. The summed E-state index contributed by atoms with van der Waals surface area (Å²) < 4.78 is 4.93. The van der Waals surface area contributed by atoms with Gasteiger partial charge in [-0.05, 0) is 29.8 Å². The van der Waals surface area contributed by atoms with E-state index < -0.39 is 22.6 Å². The van der Waals surface area contributed by atoms with Crippen molar-refractivity contribution in [1.82, 2.24) is 10.7 Å². The number of rotatable bonds is 8. The number of carbonyl (C=O) groups excluding carboxylic acids is 2. The van der Waals surface area contributed by atoms with E-state index in [1.165, 1.54) is 18.2 Å². The van der Waals surface area contributed by atoms with Crippen molar-refractivity contribution in [1.29, 1.82) is 0 Å². The monoisotopic (exact) mass is 430 g/mol. The molecule has 32 heavy (non-hydrogen) atoms. The highest BCUT2D eigenvalue weighted by atomic mass is 16.6. The number of carbonyl (C=O) groups is 2. The van der Waals surface area contributed by atoms with Crippen molar-refractivity contribution in [3.8, 4) is 0 Å². The Hall–Kier alpha value is -4.79. The molecule has 0 saturated heterocycles. The molecule has 0 fully saturated rings. The summed E-state index contributed by atoms with van der Waals surface area (Å²) in [5.74, 6) is -1.52. The second-order valence-electron chi connectivity index (χ2n) is 6.30. The molecule has 9 nitrogen and oxygen atoms in total. The Morgan fingerprint density at radius 2 is 1.66 bits per heavy atom. The van der Waals surface area contributed by atoms with E-state index in [1.807, 2.05) is 30.3 Å². The van der Waals surface area contributed by atoms with Crippen LogP contribution in [0, 0.1) is 10.1 Å². The summed E-state index contributed by atoms with van der Waals surface area (Å²) in [6.07, 6.45) is 5.94. The van der Waals surface area contributed by atoms with Gasteiger partial charge in [0.15, 0.2) is 5.76 Å². The number of allylic oxidation sites excluding steroid dienone is 2. The van der Waals surface area contributed by atoms with Crippen molar-refractivity contribution < 1.29 is 18.9 Å². The maximum Gasteiger partial charge on any atom is 0.433 e. The van der Waals surface area contributed by atoms with E-state index in [-0.39, 0.29) is 11.5 Å². The zero-order chi connectivity index (χ0) is 22.8. The van der Waals surface area contributed by atoms with Gasteiger partial charge >= 0.3 is 5.88 Å². The predicted molar refractivity (Wildman–Crippen MR) is 119 cm³/mol. The molecule has 0 radical (unpaired) electrons. The Bertz CT molecular complexity index is 1180. The molecule has 3 aromatic rings. The Balaban J connectivity index is 1.73. The lowest BCUT2D eigenvalue weighted by Crippen LogP contribution is -2.32. The first kappa shape index (κ1) is 21.9. The molecule has 2 N–H and O–H groups in total. The van der Waals surface area contributed by atoms with Gasteiger partial charge in [-0.1, -0.05) is 60.7 Å². The van der Waals surface area contributed by atoms with Gasteiger partial charge in [0.2, 0.25) is 0 Å². The summed E-state index contributed by atoms with van der Waals surface area (Å²) in [4.78, 5) is 35.0. The van der Waals surface area contributed by atoms with Gasteiger partial charge in [-0.25, -0.2) is 5.43 Å². The van der Waals surface area contributed by atoms with E-state index in [2.05, 4.69) is 15.8 Å². The SMILES string of the molecule is O=C(N/N=C\c1ccc([N+](=O)[O-])o1)/C(=C\C=C\c1ccccc1)NC(=O)c1ccccc1. The van der Waals surface area contributed by atoms with Crippen molar-refractivity contribution >= 4 is 30.0 Å². The number of nitrogens with zero attached hydrogens (tertiary/aromatic N) is 2. The Labute approximate surface area is 182 Å². The molecule has 0 saturated carbocycles. The van der Waals surface area contributed by atoms with Crippen LogP contribution in [-0.4, -0.2) is 23.0 Å². The lowest BCUT2D eigenvalue weighted by Gasteiger charge is -2.08. The summed E-state index contributed by atoms with van der Waals surface area (Å²) in [7, 11) is 0. The number of furan rings is 1. The van der Waals surface area contributed by atoms with Crippen LogP contribution in [0.25, 0.3) is 6.08 Å². The highest BCUT2D eigenvalue weighted by Gasteiger charge is 2.14. The van der Waals surface area contributed by atoms with Crippen molar-refractivity contribution in [2.45, 2.75) is 0 Å². The molecule has 160 valence electrons. The van der Waals surface area contributed by atoms with Crippen LogP contribution >= 0.6 is 0 Å². The Morgan fingerprint density at radius 3 is 2.31 bits per heavy atom. The Morgan fingerprint density at radius 1 is 0.969 bits per heavy atom. The van der Waals surface area contributed by atoms with Gasteiger partial charge in [-0.2, -0.15) is 5.10 Å². The van der Waals surface area contributed by atoms with Crippen LogP contribution in [0.15, 0.2) is 100 Å². The quantitative estimate of drug-likeness (QED) is 0.185. The largest absolute Gasteiger partial charge is 0.433 e. The minimum Gasteiger partial charge on any atom is -0.400 e. The van der Waals surface area contributed by atoms with Crippen LogP contribution in [0.1, 0.15) is 21.7 Å². The molecule has 2 aromatic carbocycles. The van der Waals surface area contributed by atoms with Crippen LogP contribution in [0.5, 0.6) is 0 Å². The third-order valence-corrected chi connectivity index (χ3v) is 4.03. The molecule has 0 unspecified atom stereocenters. The molecular formula is C23H18N4O5. The standard InChI is InChI=1S/C23H18N4O5/c28-22(18-11-5-2-6-12-18)25-20(13-7-10-17-8-3-1-4-9-17)23(29)26-24-16-19-14-15-21(32-19)27(30)31/h1-16H,(H,25,28)(H,26,29)/b10-7+,20-13+,24-16-. The van der Waals surface area contributed by atoms with Gasteiger partial charge in [0.05, 0.1) is 12.3 Å². The molecule has 1 aromatic heterocycles. The third-order valence-electron chi connectivity index (χ3n) is 4.03. The van der Waals surface area contributed by atoms with Crippen LogP contribution < -0.4 is 10.7 Å². The number of nitrogens with one attached hydrogen (secondary N) is 2. The van der Waals surface area contributed by atoms with Crippen molar-refractivity contribution in [3.63, 3.8) is 0 Å². The molecule has 3 rings (SSSR count). The molecule has 2 amide bonds. The van der Waals surface area contributed by atoms with Crippen LogP contribution in [0.2, 0.25) is 0 Å². The maximum absolute atomic E-state index is 12.6. The van der Waals surface area contributed by atoms with E-state index in [4.69, 9.17) is 4.42 Å². The lowest BCUT2D eigenvalue weighted by molar-refractivity contribution is -0.402. The molecule has 9 heteroatoms. The number of hydrazone groups is 1. The van der Waals surface area contributed by atoms with E-state index in [0.29, 0.717) is 5.56 Å². The number of amides is 2. The highest BCUT2D eigenvalue weighted by molar-refractivity contribution is 6.03. The minimum absolute atomic E-state index is 0.0476. The molecular weight excluding hydrogens is 412 g/mol. The van der Waals surface area contributed by atoms with Gasteiger partial charge in [-0.15, -0.1) is 0 Å². The lowest BCUT2D eigenvalue weighted by atomic mass is 10.2. The molecule has 0 atom stereocenters. The number of benzene rings is 2. The fourth-order valence-corrected chi connectivity index (χ4v) is 2.50. The number of hydrogen-bond acceptors (Lipinski definition) is 6. The summed E-state index contributed by atoms with van der Waals surface area (Å²) in [6.45, 7) is 0. The minimum atomic E-state index is -0.690. The normalized spacial score (nSPS) is 11.6. The smallest absolute Gasteiger partial charge is 0.400 e. The fourth-order valence-electron chi connectivity index (χ4n) is 2.50. The average molecular weight is 430 g/mol. The summed E-state index contributed by atoms with van der Waals surface area (Å²) in [5, 5.41) is 16.9. The van der Waals surface area contributed by atoms with E-state index >= 15 is 0 Å². The van der Waals surface area contributed by atoms with Gasteiger partial charge < -0.3 is 9.73 Å². The van der Waals surface area contributed by atoms with E-state index in [9.17, 15) is 19.7 Å². The topological polar surface area (TPSA) is 127 Å². The number of hydrogen-bond donors (Lipinski definition) is 2. The van der Waals surface area contributed by atoms with Gasteiger partial charge in [0.1, 0.15) is 10.6 Å². The second kappa shape index (κ2) is 10.8. The average Bonchev–Trinajstić information content (AvgIpc) is 3.29. The first-order chi connectivity index (χ1) is 15.5. The number of nitro groups is 1. The third kappa shape index (κ3) is 6.36. The Kier molecular flexibility index (Phi) is 7.42. The molecule has 0 aliphatic rings. The zero-order valence-corrected chi connectivity index (χ0v) is 16.7. The van der Waals surface area contributed by atoms with Crippen molar-refractivity contribution in [2.24, 2.45) is 5.10 Å². The summed E-state index contributed by atoms with van der Waals surface area (Å²) in [6, 6.07) is 20.4. The molecule has 1 heterocycles. The maximum atomic E-state index is 12.6. The first-order valence-electron chi connectivity index (χ1n) is 9.40. The van der Waals surface area contributed by atoms with Crippen molar-refractivity contribution in [2.75, 3.05) is 0 Å². The van der Waals surface area contributed by atoms with Crippen LogP contribution in [0.3, 0.4) is 0 Å². The van der Waals surface area contributed by atoms with Gasteiger partial charge in [0.25, 0.3) is 11.8 Å². The molecule has 0 aliphatic heterocycles. The van der Waals surface area contributed by atoms with Crippen molar-refractivity contribution in [3.05, 3.63) is 118 Å². The second-order valence-corrected chi connectivity index (χ2v) is 6.30. The molecule has 0 bridgehead atoms. The van der Waals surface area contributed by atoms with Gasteiger partial charge in [-0.3, -0.25) is 19.7 Å². The zero-order valence-electron chi connectivity index (χ0n) is 16.7. The molecule has 0 spiro atoms. The van der Waals surface area contributed by atoms with E-state index in [1.54, 1.807) is 42.5 Å². The summed E-state index contributed by atoms with van der Waals surface area (Å²) >= 11 is 0. The van der Waals surface area contributed by atoms with Crippen LogP contribution in [-0.2, 0) is 4.79 Å². The van der Waals surface area contributed by atoms with Crippen LogP contribution in [0.4, 0.5) is 5.88 Å². The van der Waals surface area contributed by atoms with Gasteiger partial charge in [0, 0.05) is 5.56 Å². The fraction of sp³-hybridized carbons (Fsp3) is 0. The highest BCUT2D eigenvalue weighted by Crippen LogP contribution is 2.13. The summed E-state index contributed by atoms with van der Waals surface area (Å²) in [5.41, 5.74) is 3.50. The predicted octanol–water partition coefficient (Wildman–Crippen LogP) is 3.67.